The van der Waals surface area contributed by atoms with Gasteiger partial charge in [0.15, 0.2) is 6.29 Å². The molecule has 128 valence electrons. The summed E-state index contributed by atoms with van der Waals surface area (Å²) in [6.07, 6.45) is 0.736. The van der Waals surface area contributed by atoms with Crippen LogP contribution in [0.2, 0.25) is 10.0 Å². The number of aromatic nitrogens is 2. The summed E-state index contributed by atoms with van der Waals surface area (Å²) in [5, 5.41) is 5.57. The van der Waals surface area contributed by atoms with Crippen LogP contribution in [-0.2, 0) is 13.2 Å². The van der Waals surface area contributed by atoms with Crippen LogP contribution in [0.15, 0.2) is 48.5 Å². The summed E-state index contributed by atoms with van der Waals surface area (Å²) < 4.78 is 7.71. The second kappa shape index (κ2) is 7.72. The van der Waals surface area contributed by atoms with Gasteiger partial charge in [-0.05, 0) is 48.9 Å². The second-order valence-corrected chi connectivity index (χ2v) is 6.53. The van der Waals surface area contributed by atoms with Crippen LogP contribution >= 0.6 is 23.2 Å². The molecule has 0 bridgehead atoms. The molecule has 0 aliphatic carbocycles. The van der Waals surface area contributed by atoms with Gasteiger partial charge in [0, 0.05) is 21.3 Å². The fraction of sp³-hybridized carbons (Fsp3) is 0.158. The van der Waals surface area contributed by atoms with Crippen molar-refractivity contribution in [2.75, 3.05) is 0 Å². The maximum absolute atomic E-state index is 10.9. The maximum Gasteiger partial charge on any atom is 0.170 e. The van der Waals surface area contributed by atoms with E-state index in [1.807, 2.05) is 43.3 Å². The summed E-state index contributed by atoms with van der Waals surface area (Å²) in [5.74, 6) is 0.724. The van der Waals surface area contributed by atoms with E-state index in [4.69, 9.17) is 27.9 Å². The van der Waals surface area contributed by atoms with E-state index in [1.54, 1.807) is 16.8 Å². The number of ether oxygens (including phenoxy) is 1. The van der Waals surface area contributed by atoms with Crippen LogP contribution in [0.3, 0.4) is 0 Å². The molecule has 0 amide bonds. The monoisotopic (exact) mass is 374 g/mol. The van der Waals surface area contributed by atoms with Gasteiger partial charge in [-0.3, -0.25) is 9.48 Å². The van der Waals surface area contributed by atoms with Gasteiger partial charge in [-0.1, -0.05) is 35.3 Å². The van der Waals surface area contributed by atoms with Gasteiger partial charge in [0.1, 0.15) is 18.1 Å². The van der Waals surface area contributed by atoms with E-state index in [0.717, 1.165) is 28.9 Å². The van der Waals surface area contributed by atoms with Gasteiger partial charge in [-0.15, -0.1) is 0 Å². The van der Waals surface area contributed by atoms with E-state index in [-0.39, 0.29) is 0 Å². The Labute approximate surface area is 155 Å². The first-order valence-electron chi connectivity index (χ1n) is 7.70. The molecule has 0 radical (unpaired) electrons. The predicted molar refractivity (Wildman–Crippen MR) is 98.7 cm³/mol. The molecule has 0 spiro atoms. The van der Waals surface area contributed by atoms with Crippen LogP contribution in [0.5, 0.6) is 5.75 Å². The van der Waals surface area contributed by atoms with Crippen molar-refractivity contribution in [3.8, 4) is 5.75 Å². The number of hydrogen-bond acceptors (Lipinski definition) is 3. The third kappa shape index (κ3) is 4.41. The number of nitrogens with zero attached hydrogens (tertiary/aromatic N) is 2. The number of benzene rings is 2. The Morgan fingerprint density at radius 2 is 1.80 bits per heavy atom. The van der Waals surface area contributed by atoms with E-state index in [0.29, 0.717) is 28.9 Å². The summed E-state index contributed by atoms with van der Waals surface area (Å²) >= 11 is 12.0. The van der Waals surface area contributed by atoms with Gasteiger partial charge in [0.25, 0.3) is 0 Å². The molecule has 3 aromatic rings. The minimum atomic E-state index is 0.406. The van der Waals surface area contributed by atoms with Crippen molar-refractivity contribution in [3.63, 3.8) is 0 Å². The van der Waals surface area contributed by atoms with Crippen molar-refractivity contribution in [1.82, 2.24) is 9.78 Å². The Bertz CT molecular complexity index is 889. The molecule has 0 aliphatic rings. The molecule has 2 aromatic carbocycles. The molecule has 0 saturated heterocycles. The van der Waals surface area contributed by atoms with E-state index >= 15 is 0 Å². The summed E-state index contributed by atoms with van der Waals surface area (Å²) in [4.78, 5) is 10.9. The summed E-state index contributed by atoms with van der Waals surface area (Å²) in [6.45, 7) is 2.79. The predicted octanol–water partition coefficient (Wildman–Crippen LogP) is 4.94. The Kier molecular flexibility index (Phi) is 5.41. The SMILES string of the molecule is Cc1cc(C=O)nn1Cc1cc(Cl)ccc1OCc1ccc(Cl)cc1. The number of aryl methyl sites for hydroxylation is 1. The van der Waals surface area contributed by atoms with Crippen LogP contribution in [-0.4, -0.2) is 16.1 Å². The molecular weight excluding hydrogens is 359 g/mol. The van der Waals surface area contributed by atoms with Crippen molar-refractivity contribution in [3.05, 3.63) is 81.1 Å². The molecule has 0 unspecified atom stereocenters. The fourth-order valence-corrected chi connectivity index (χ4v) is 2.79. The van der Waals surface area contributed by atoms with E-state index < -0.39 is 0 Å². The highest BCUT2D eigenvalue weighted by molar-refractivity contribution is 6.30. The van der Waals surface area contributed by atoms with Gasteiger partial charge >= 0.3 is 0 Å². The van der Waals surface area contributed by atoms with Gasteiger partial charge in [0.05, 0.1) is 6.54 Å². The molecule has 0 saturated carbocycles. The van der Waals surface area contributed by atoms with Crippen molar-refractivity contribution in [2.45, 2.75) is 20.1 Å². The highest BCUT2D eigenvalue weighted by atomic mass is 35.5. The number of halogens is 2. The summed E-state index contributed by atoms with van der Waals surface area (Å²) in [5.41, 5.74) is 3.21. The molecule has 1 aromatic heterocycles. The third-order valence-electron chi connectivity index (χ3n) is 3.77. The second-order valence-electron chi connectivity index (χ2n) is 5.65. The largest absolute Gasteiger partial charge is 0.489 e. The van der Waals surface area contributed by atoms with Gasteiger partial charge in [0.2, 0.25) is 0 Å². The zero-order chi connectivity index (χ0) is 17.8. The molecule has 3 rings (SSSR count). The van der Waals surface area contributed by atoms with Crippen LogP contribution < -0.4 is 4.74 Å². The zero-order valence-electron chi connectivity index (χ0n) is 13.6. The minimum absolute atomic E-state index is 0.406. The van der Waals surface area contributed by atoms with Gasteiger partial charge < -0.3 is 4.74 Å². The van der Waals surface area contributed by atoms with Crippen LogP contribution in [0, 0.1) is 6.92 Å². The summed E-state index contributed by atoms with van der Waals surface area (Å²) in [7, 11) is 0. The number of hydrogen-bond donors (Lipinski definition) is 0. The number of aldehydes is 1. The topological polar surface area (TPSA) is 44.1 Å². The first-order chi connectivity index (χ1) is 12.0. The normalized spacial score (nSPS) is 10.7. The van der Waals surface area contributed by atoms with Crippen molar-refractivity contribution in [1.29, 1.82) is 0 Å². The molecule has 0 fully saturated rings. The fourth-order valence-electron chi connectivity index (χ4n) is 2.47. The number of rotatable bonds is 6. The lowest BCUT2D eigenvalue weighted by Crippen LogP contribution is -2.07. The minimum Gasteiger partial charge on any atom is -0.489 e. The quantitative estimate of drug-likeness (QED) is 0.574. The lowest BCUT2D eigenvalue weighted by atomic mass is 10.2. The number of carbonyl (C=O) groups excluding carboxylic acids is 1. The first kappa shape index (κ1) is 17.5. The van der Waals surface area contributed by atoms with Crippen molar-refractivity contribution < 1.29 is 9.53 Å². The van der Waals surface area contributed by atoms with E-state index in [9.17, 15) is 4.79 Å². The molecule has 0 atom stereocenters. The van der Waals surface area contributed by atoms with Crippen molar-refractivity contribution >= 4 is 29.5 Å². The molecule has 25 heavy (non-hydrogen) atoms. The lowest BCUT2D eigenvalue weighted by molar-refractivity contribution is 0.111. The average molecular weight is 375 g/mol. The van der Waals surface area contributed by atoms with Crippen LogP contribution in [0.4, 0.5) is 0 Å². The molecule has 1 heterocycles. The number of carbonyl (C=O) groups is 1. The van der Waals surface area contributed by atoms with Gasteiger partial charge in [-0.25, -0.2) is 0 Å². The van der Waals surface area contributed by atoms with E-state index in [2.05, 4.69) is 5.10 Å². The smallest absolute Gasteiger partial charge is 0.170 e. The molecule has 0 aliphatic heterocycles. The zero-order valence-corrected chi connectivity index (χ0v) is 15.1. The van der Waals surface area contributed by atoms with Gasteiger partial charge in [-0.2, -0.15) is 5.10 Å². The Morgan fingerprint density at radius 1 is 1.08 bits per heavy atom. The molecule has 6 heteroatoms. The van der Waals surface area contributed by atoms with Crippen LogP contribution in [0.25, 0.3) is 0 Å². The lowest BCUT2D eigenvalue weighted by Gasteiger charge is -2.13. The maximum atomic E-state index is 10.9. The Morgan fingerprint density at radius 3 is 2.48 bits per heavy atom. The Balaban J connectivity index is 1.81. The highest BCUT2D eigenvalue weighted by Gasteiger charge is 2.10. The Hall–Kier alpha value is -2.30. The molecule has 0 N–H and O–H groups in total. The first-order valence-corrected chi connectivity index (χ1v) is 8.46. The van der Waals surface area contributed by atoms with Crippen molar-refractivity contribution in [2.24, 2.45) is 0 Å². The summed E-state index contributed by atoms with van der Waals surface area (Å²) in [6, 6.07) is 14.7. The van der Waals surface area contributed by atoms with Crippen LogP contribution in [0.1, 0.15) is 27.3 Å². The molecular formula is C19H16Cl2N2O2. The van der Waals surface area contributed by atoms with E-state index in [1.165, 1.54) is 0 Å². The standard InChI is InChI=1S/C19H16Cl2N2O2/c1-13-8-18(11-24)22-23(13)10-15-9-17(21)6-7-19(15)25-12-14-2-4-16(20)5-3-14/h2-9,11H,10,12H2,1H3. The highest BCUT2D eigenvalue weighted by Crippen LogP contribution is 2.25. The third-order valence-corrected chi connectivity index (χ3v) is 4.26. The molecule has 4 nitrogen and oxygen atoms in total. The average Bonchev–Trinajstić information content (AvgIpc) is 2.96.